The molecule has 29 heavy (non-hydrogen) atoms. The van der Waals surface area contributed by atoms with Gasteiger partial charge in [-0.1, -0.05) is 24.6 Å². The second-order valence-electron chi connectivity index (χ2n) is 6.96. The van der Waals surface area contributed by atoms with E-state index in [9.17, 15) is 5.11 Å². The van der Waals surface area contributed by atoms with Crippen molar-refractivity contribution < 1.29 is 9.52 Å². The minimum atomic E-state index is -0.291. The third kappa shape index (κ3) is 5.75. The summed E-state index contributed by atoms with van der Waals surface area (Å²) in [5, 5.41) is 25.4. The van der Waals surface area contributed by atoms with Crippen LogP contribution in [0.25, 0.3) is 16.3 Å². The van der Waals surface area contributed by atoms with Crippen molar-refractivity contribution in [3.63, 3.8) is 0 Å². The number of aromatic nitrogens is 2. The van der Waals surface area contributed by atoms with Gasteiger partial charge in [0.2, 0.25) is 12.3 Å². The van der Waals surface area contributed by atoms with Gasteiger partial charge in [-0.3, -0.25) is 0 Å². The van der Waals surface area contributed by atoms with E-state index < -0.39 is 0 Å². The van der Waals surface area contributed by atoms with Crippen molar-refractivity contribution >= 4 is 5.69 Å². The molecule has 0 unspecified atom stereocenters. The van der Waals surface area contributed by atoms with E-state index in [-0.39, 0.29) is 12.0 Å². The summed E-state index contributed by atoms with van der Waals surface area (Å²) in [6.07, 6.45) is 1.84. The van der Waals surface area contributed by atoms with Crippen molar-refractivity contribution in [2.75, 3.05) is 0 Å². The molecule has 0 saturated heterocycles. The van der Waals surface area contributed by atoms with E-state index in [1.807, 2.05) is 45.9 Å². The van der Waals surface area contributed by atoms with E-state index >= 15 is 0 Å². The highest BCUT2D eigenvalue weighted by Crippen LogP contribution is 2.26. The van der Waals surface area contributed by atoms with Crippen molar-refractivity contribution in [3.8, 4) is 17.5 Å². The minimum absolute atomic E-state index is 0.247. The molecule has 3 rings (SSSR count). The molecule has 1 aromatic heterocycles. The largest absolute Gasteiger partial charge is 0.423 e. The first-order valence-corrected chi connectivity index (χ1v) is 9.28. The predicted molar refractivity (Wildman–Crippen MR) is 111 cm³/mol. The molecule has 0 fully saturated rings. The highest BCUT2D eigenvalue weighted by Gasteiger charge is 2.13. The monoisotopic (exact) mass is 388 g/mol. The first-order chi connectivity index (χ1) is 13.9. The molecular weight excluding hydrogens is 364 g/mol. The Morgan fingerprint density at radius 3 is 2.34 bits per heavy atom. The quantitative estimate of drug-likeness (QED) is 0.634. The van der Waals surface area contributed by atoms with Crippen LogP contribution in [0.1, 0.15) is 36.1 Å². The van der Waals surface area contributed by atoms with Crippen molar-refractivity contribution in [1.29, 1.82) is 5.26 Å². The molecule has 1 N–H and O–H groups in total. The third-order valence-electron chi connectivity index (χ3n) is 4.98. The number of aliphatic hydroxyl groups is 1. The van der Waals surface area contributed by atoms with Crippen LogP contribution < -0.4 is 0 Å². The molecule has 3 aromatic rings. The maximum Gasteiger partial charge on any atom is 0.247 e. The molecule has 0 saturated carbocycles. The summed E-state index contributed by atoms with van der Waals surface area (Å²) in [5.74, 6) is 0.710. The molecule has 0 aliphatic carbocycles. The van der Waals surface area contributed by atoms with Gasteiger partial charge < -0.3 is 9.52 Å². The molecule has 0 amide bonds. The predicted octanol–water partition coefficient (Wildman–Crippen LogP) is 5.02. The van der Waals surface area contributed by atoms with E-state index in [0.29, 0.717) is 11.5 Å². The zero-order chi connectivity index (χ0) is 21.4. The van der Waals surface area contributed by atoms with Gasteiger partial charge in [0.1, 0.15) is 0 Å². The van der Waals surface area contributed by atoms with Crippen LogP contribution in [0.2, 0.25) is 0 Å². The van der Waals surface area contributed by atoms with Gasteiger partial charge in [-0.2, -0.15) is 5.26 Å². The van der Waals surface area contributed by atoms with Gasteiger partial charge >= 0.3 is 0 Å². The van der Waals surface area contributed by atoms with Crippen LogP contribution in [0.4, 0.5) is 5.69 Å². The molecule has 0 aliphatic rings. The number of benzene rings is 2. The summed E-state index contributed by atoms with van der Waals surface area (Å²) in [6.45, 7) is 14.9. The molecule has 2 atom stereocenters. The molecule has 0 radical (unpaired) electrons. The van der Waals surface area contributed by atoms with Crippen LogP contribution >= 0.6 is 0 Å². The Bertz CT molecular complexity index is 1010. The van der Waals surface area contributed by atoms with Crippen LogP contribution in [0.15, 0.2) is 47.2 Å². The second-order valence-corrected chi connectivity index (χ2v) is 6.96. The lowest BCUT2D eigenvalue weighted by atomic mass is 9.92. The van der Waals surface area contributed by atoms with E-state index in [2.05, 4.69) is 15.0 Å². The normalized spacial score (nSPS) is 12.1. The molecule has 6 heteroatoms. The molecule has 2 aromatic carbocycles. The van der Waals surface area contributed by atoms with Crippen molar-refractivity contribution in [3.05, 3.63) is 76.5 Å². The SMILES string of the molecule is N#Cc1ccc(-c2nnco2)cc1.[C-]#[N+]c1ccc(C[C@@H](C)[C@H](C)O)c(C)c1C. The third-order valence-corrected chi connectivity index (χ3v) is 4.98. The summed E-state index contributed by atoms with van der Waals surface area (Å²) in [7, 11) is 0. The van der Waals surface area contributed by atoms with E-state index in [1.54, 1.807) is 24.3 Å². The number of rotatable bonds is 4. The maximum atomic E-state index is 9.49. The van der Waals surface area contributed by atoms with Crippen LogP contribution in [-0.4, -0.2) is 21.4 Å². The fourth-order valence-electron chi connectivity index (χ4n) is 2.71. The number of nitriles is 1. The molecule has 0 spiro atoms. The van der Waals surface area contributed by atoms with Crippen LogP contribution in [-0.2, 0) is 6.42 Å². The minimum Gasteiger partial charge on any atom is -0.423 e. The summed E-state index contributed by atoms with van der Waals surface area (Å²) in [5.41, 5.74) is 5.63. The Kier molecular flexibility index (Phi) is 7.65. The maximum absolute atomic E-state index is 9.49. The topological polar surface area (TPSA) is 87.3 Å². The Balaban J connectivity index is 0.000000211. The average molecular weight is 388 g/mol. The highest BCUT2D eigenvalue weighted by molar-refractivity contribution is 5.57. The lowest BCUT2D eigenvalue weighted by molar-refractivity contribution is 0.135. The fourth-order valence-corrected chi connectivity index (χ4v) is 2.71. The lowest BCUT2D eigenvalue weighted by Crippen LogP contribution is -2.16. The first-order valence-electron chi connectivity index (χ1n) is 9.28. The van der Waals surface area contributed by atoms with Gasteiger partial charge in [0, 0.05) is 5.56 Å². The second kappa shape index (κ2) is 10.2. The summed E-state index contributed by atoms with van der Waals surface area (Å²) in [6, 6.07) is 12.9. The van der Waals surface area contributed by atoms with Gasteiger partial charge in [0.25, 0.3) is 0 Å². The van der Waals surface area contributed by atoms with Crippen LogP contribution in [0, 0.1) is 37.7 Å². The number of hydrogen-bond donors (Lipinski definition) is 1. The molecule has 6 nitrogen and oxygen atoms in total. The van der Waals surface area contributed by atoms with E-state index in [4.69, 9.17) is 16.3 Å². The van der Waals surface area contributed by atoms with Crippen molar-refractivity contribution in [1.82, 2.24) is 10.2 Å². The smallest absolute Gasteiger partial charge is 0.247 e. The Labute approximate surface area is 171 Å². The fraction of sp³-hybridized carbons (Fsp3) is 0.304. The van der Waals surface area contributed by atoms with Gasteiger partial charge in [0.15, 0.2) is 5.69 Å². The summed E-state index contributed by atoms with van der Waals surface area (Å²) < 4.78 is 4.99. The Hall–Kier alpha value is -3.48. The summed E-state index contributed by atoms with van der Waals surface area (Å²) in [4.78, 5) is 3.49. The highest BCUT2D eigenvalue weighted by atomic mass is 16.4. The number of aliphatic hydroxyl groups excluding tert-OH is 1. The van der Waals surface area contributed by atoms with Crippen LogP contribution in [0.5, 0.6) is 0 Å². The van der Waals surface area contributed by atoms with Gasteiger partial charge in [-0.25, -0.2) is 4.85 Å². The zero-order valence-electron chi connectivity index (χ0n) is 17.0. The molecule has 1 heterocycles. The van der Waals surface area contributed by atoms with Crippen molar-refractivity contribution in [2.45, 2.75) is 40.2 Å². The van der Waals surface area contributed by atoms with Crippen molar-refractivity contribution in [2.24, 2.45) is 5.92 Å². The van der Waals surface area contributed by atoms with Gasteiger partial charge in [-0.15, -0.1) is 10.2 Å². The zero-order valence-corrected chi connectivity index (χ0v) is 17.0. The van der Waals surface area contributed by atoms with Crippen LogP contribution in [0.3, 0.4) is 0 Å². The summed E-state index contributed by atoms with van der Waals surface area (Å²) >= 11 is 0. The standard InChI is InChI=1S/C14H19NO.C9H5N3O/c1-9(12(4)16)8-13-6-7-14(15-5)11(3)10(13)2;10-5-7-1-3-8(4-2-7)9-12-11-6-13-9/h6-7,9,12,16H,8H2,1-4H3;1-4,6H/t9-,12+;/m1./s1. The Morgan fingerprint density at radius 2 is 1.83 bits per heavy atom. The lowest BCUT2D eigenvalue weighted by Gasteiger charge is -2.17. The van der Waals surface area contributed by atoms with E-state index in [0.717, 1.165) is 23.2 Å². The molecular formula is C23H24N4O2. The molecule has 0 aliphatic heterocycles. The molecule has 0 bridgehead atoms. The number of hydrogen-bond acceptors (Lipinski definition) is 5. The first kappa shape index (κ1) is 21.8. The number of nitrogens with zero attached hydrogens (tertiary/aromatic N) is 4. The average Bonchev–Trinajstić information content (AvgIpc) is 3.27. The van der Waals surface area contributed by atoms with Gasteiger partial charge in [-0.05, 0) is 68.5 Å². The Morgan fingerprint density at radius 1 is 1.14 bits per heavy atom. The van der Waals surface area contributed by atoms with E-state index in [1.165, 1.54) is 17.5 Å². The molecule has 148 valence electrons. The van der Waals surface area contributed by atoms with Gasteiger partial charge in [0.05, 0.1) is 24.3 Å².